The molecular weight excluding hydrogens is 284 g/mol. The van der Waals surface area contributed by atoms with Crippen molar-refractivity contribution in [2.45, 2.75) is 45.6 Å². The lowest BCUT2D eigenvalue weighted by molar-refractivity contribution is -0.137. The van der Waals surface area contributed by atoms with Gasteiger partial charge in [-0.3, -0.25) is 14.4 Å². The Kier molecular flexibility index (Phi) is 7.08. The quantitative estimate of drug-likeness (QED) is 0.687. The van der Waals surface area contributed by atoms with Crippen molar-refractivity contribution >= 4 is 23.5 Å². The summed E-state index contributed by atoms with van der Waals surface area (Å²) in [6, 6.07) is 6.75. The molecule has 1 atom stereocenters. The van der Waals surface area contributed by atoms with Crippen molar-refractivity contribution in [1.82, 2.24) is 5.32 Å². The molecule has 1 aromatic carbocycles. The number of carboxylic acid groups (broad SMARTS) is 1. The van der Waals surface area contributed by atoms with Gasteiger partial charge in [0.15, 0.2) is 0 Å². The number of nitrogens with one attached hydrogen (secondary N) is 2. The Morgan fingerprint density at radius 1 is 1.23 bits per heavy atom. The molecule has 6 nitrogen and oxygen atoms in total. The van der Waals surface area contributed by atoms with Crippen molar-refractivity contribution in [2.75, 3.05) is 5.32 Å². The third-order valence-electron chi connectivity index (χ3n) is 3.19. The molecule has 0 aliphatic rings. The Morgan fingerprint density at radius 3 is 2.59 bits per heavy atom. The van der Waals surface area contributed by atoms with Gasteiger partial charge in [0.25, 0.3) is 5.91 Å². The molecule has 0 heterocycles. The average molecular weight is 306 g/mol. The Bertz CT molecular complexity index is 543. The molecule has 0 aliphatic heterocycles. The predicted molar refractivity (Wildman–Crippen MR) is 83.8 cm³/mol. The highest BCUT2D eigenvalue weighted by molar-refractivity contribution is 5.97. The fourth-order valence-corrected chi connectivity index (χ4v) is 1.77. The second kappa shape index (κ2) is 8.81. The second-order valence-corrected chi connectivity index (χ2v) is 5.16. The summed E-state index contributed by atoms with van der Waals surface area (Å²) in [6.45, 7) is 3.91. The second-order valence-electron chi connectivity index (χ2n) is 5.16. The molecule has 3 N–H and O–H groups in total. The van der Waals surface area contributed by atoms with Crippen molar-refractivity contribution in [1.29, 1.82) is 0 Å². The van der Waals surface area contributed by atoms with Gasteiger partial charge in [-0.2, -0.15) is 0 Å². The van der Waals surface area contributed by atoms with E-state index in [1.165, 1.54) is 0 Å². The van der Waals surface area contributed by atoms with Crippen LogP contribution in [0.3, 0.4) is 0 Å². The van der Waals surface area contributed by atoms with E-state index in [1.54, 1.807) is 24.3 Å². The predicted octanol–water partition coefficient (Wildman–Crippen LogP) is 2.41. The highest BCUT2D eigenvalue weighted by Gasteiger charge is 2.10. The molecule has 0 bridgehead atoms. The molecule has 2 amide bonds. The Balaban J connectivity index is 2.58. The van der Waals surface area contributed by atoms with Gasteiger partial charge in [-0.25, -0.2) is 0 Å². The number of amides is 2. The number of aliphatic carboxylic acids is 1. The zero-order valence-electron chi connectivity index (χ0n) is 12.9. The lowest BCUT2D eigenvalue weighted by Crippen LogP contribution is -2.31. The molecule has 6 heteroatoms. The summed E-state index contributed by atoms with van der Waals surface area (Å²) >= 11 is 0. The summed E-state index contributed by atoms with van der Waals surface area (Å²) in [7, 11) is 0. The number of carbonyl (C=O) groups excluding carboxylic acids is 2. The first-order valence-corrected chi connectivity index (χ1v) is 7.35. The average Bonchev–Trinajstić information content (AvgIpc) is 2.46. The topological polar surface area (TPSA) is 95.5 Å². The minimum Gasteiger partial charge on any atom is -0.481 e. The van der Waals surface area contributed by atoms with Crippen LogP contribution < -0.4 is 10.6 Å². The SMILES string of the molecule is CCC(C)NC(=O)c1cccc(NC(=O)CCCC(=O)O)c1. The first kappa shape index (κ1) is 17.7. The Hall–Kier alpha value is -2.37. The molecule has 120 valence electrons. The maximum Gasteiger partial charge on any atom is 0.303 e. The molecule has 0 saturated heterocycles. The normalized spacial score (nSPS) is 11.5. The standard InChI is InChI=1S/C16H22N2O4/c1-3-11(2)17-16(22)12-6-4-7-13(10-12)18-14(19)8-5-9-15(20)21/h4,6-7,10-11H,3,5,8-9H2,1-2H3,(H,17,22)(H,18,19)(H,20,21). The fraction of sp³-hybridized carbons (Fsp3) is 0.438. The maximum absolute atomic E-state index is 12.0. The van der Waals surface area contributed by atoms with Gasteiger partial charge in [0.2, 0.25) is 5.91 Å². The molecule has 0 radical (unpaired) electrons. The molecular formula is C16H22N2O4. The van der Waals surface area contributed by atoms with Crippen molar-refractivity contribution < 1.29 is 19.5 Å². The molecule has 0 aromatic heterocycles. The molecule has 0 aliphatic carbocycles. The van der Waals surface area contributed by atoms with Crippen LogP contribution in [0.4, 0.5) is 5.69 Å². The summed E-state index contributed by atoms with van der Waals surface area (Å²) < 4.78 is 0. The number of rotatable bonds is 8. The van der Waals surface area contributed by atoms with Crippen LogP contribution in [0.25, 0.3) is 0 Å². The largest absolute Gasteiger partial charge is 0.481 e. The maximum atomic E-state index is 12.0. The first-order chi connectivity index (χ1) is 10.4. The number of hydrogen-bond acceptors (Lipinski definition) is 3. The minimum absolute atomic E-state index is 0.0369. The third kappa shape index (κ3) is 6.39. The lowest BCUT2D eigenvalue weighted by Gasteiger charge is -2.12. The van der Waals surface area contributed by atoms with Gasteiger partial charge in [0.1, 0.15) is 0 Å². The smallest absolute Gasteiger partial charge is 0.303 e. The van der Waals surface area contributed by atoms with Crippen LogP contribution in [0.2, 0.25) is 0 Å². The molecule has 0 spiro atoms. The van der Waals surface area contributed by atoms with Crippen LogP contribution in [0.15, 0.2) is 24.3 Å². The zero-order valence-corrected chi connectivity index (χ0v) is 12.9. The van der Waals surface area contributed by atoms with Crippen molar-refractivity contribution in [3.63, 3.8) is 0 Å². The Labute approximate surface area is 129 Å². The number of anilines is 1. The summed E-state index contributed by atoms with van der Waals surface area (Å²) in [6.07, 6.45) is 1.22. The summed E-state index contributed by atoms with van der Waals surface area (Å²) in [4.78, 5) is 34.1. The first-order valence-electron chi connectivity index (χ1n) is 7.35. The zero-order chi connectivity index (χ0) is 16.5. The van der Waals surface area contributed by atoms with Crippen LogP contribution >= 0.6 is 0 Å². The van der Waals surface area contributed by atoms with E-state index in [4.69, 9.17) is 5.11 Å². The van der Waals surface area contributed by atoms with E-state index in [2.05, 4.69) is 10.6 Å². The van der Waals surface area contributed by atoms with Crippen molar-refractivity contribution in [2.24, 2.45) is 0 Å². The number of carboxylic acids is 1. The van der Waals surface area contributed by atoms with Crippen molar-refractivity contribution in [3.8, 4) is 0 Å². The van der Waals surface area contributed by atoms with E-state index in [1.807, 2.05) is 13.8 Å². The molecule has 1 unspecified atom stereocenters. The summed E-state index contributed by atoms with van der Waals surface area (Å²) in [5.41, 5.74) is 1.00. The van der Waals surface area contributed by atoms with Gasteiger partial charge in [0, 0.05) is 30.1 Å². The van der Waals surface area contributed by atoms with E-state index in [-0.39, 0.29) is 37.1 Å². The summed E-state index contributed by atoms with van der Waals surface area (Å²) in [5.74, 6) is -1.37. The fourth-order valence-electron chi connectivity index (χ4n) is 1.77. The molecule has 0 fully saturated rings. The number of benzene rings is 1. The van der Waals surface area contributed by atoms with Gasteiger partial charge < -0.3 is 15.7 Å². The summed E-state index contributed by atoms with van der Waals surface area (Å²) in [5, 5.41) is 14.1. The van der Waals surface area contributed by atoms with Crippen LogP contribution in [0.1, 0.15) is 49.9 Å². The number of hydrogen-bond donors (Lipinski definition) is 3. The molecule has 1 rings (SSSR count). The van der Waals surface area contributed by atoms with Crippen LogP contribution in [-0.4, -0.2) is 28.9 Å². The van der Waals surface area contributed by atoms with E-state index < -0.39 is 5.97 Å². The van der Waals surface area contributed by atoms with Crippen LogP contribution in [0.5, 0.6) is 0 Å². The monoisotopic (exact) mass is 306 g/mol. The van der Waals surface area contributed by atoms with Gasteiger partial charge in [-0.1, -0.05) is 13.0 Å². The highest BCUT2D eigenvalue weighted by atomic mass is 16.4. The number of carbonyl (C=O) groups is 3. The molecule has 0 saturated carbocycles. The highest BCUT2D eigenvalue weighted by Crippen LogP contribution is 2.12. The van der Waals surface area contributed by atoms with Gasteiger partial charge in [-0.15, -0.1) is 0 Å². The van der Waals surface area contributed by atoms with E-state index >= 15 is 0 Å². The van der Waals surface area contributed by atoms with E-state index in [9.17, 15) is 14.4 Å². The van der Waals surface area contributed by atoms with Gasteiger partial charge in [0.05, 0.1) is 0 Å². The lowest BCUT2D eigenvalue weighted by atomic mass is 10.1. The van der Waals surface area contributed by atoms with Crippen LogP contribution in [0, 0.1) is 0 Å². The van der Waals surface area contributed by atoms with Crippen molar-refractivity contribution in [3.05, 3.63) is 29.8 Å². The van der Waals surface area contributed by atoms with E-state index in [0.29, 0.717) is 11.3 Å². The van der Waals surface area contributed by atoms with Gasteiger partial charge in [-0.05, 0) is 38.0 Å². The van der Waals surface area contributed by atoms with Crippen LogP contribution in [-0.2, 0) is 9.59 Å². The minimum atomic E-state index is -0.920. The van der Waals surface area contributed by atoms with E-state index in [0.717, 1.165) is 6.42 Å². The third-order valence-corrected chi connectivity index (χ3v) is 3.19. The molecule has 22 heavy (non-hydrogen) atoms. The Morgan fingerprint density at radius 2 is 1.95 bits per heavy atom. The molecule has 1 aromatic rings. The van der Waals surface area contributed by atoms with Gasteiger partial charge >= 0.3 is 5.97 Å².